The molecule has 2 aromatic rings. The molecule has 2 N–H and O–H groups in total. The Balaban J connectivity index is 1.25. The normalized spacial score (nSPS) is 17.0. The van der Waals surface area contributed by atoms with Gasteiger partial charge >= 0.3 is 6.03 Å². The highest BCUT2D eigenvalue weighted by Gasteiger charge is 2.23. The molecule has 32 heavy (non-hydrogen) atoms. The van der Waals surface area contributed by atoms with Crippen molar-refractivity contribution in [2.75, 3.05) is 68.3 Å². The van der Waals surface area contributed by atoms with Crippen molar-refractivity contribution < 1.29 is 9.59 Å². The summed E-state index contributed by atoms with van der Waals surface area (Å²) in [7, 11) is 0. The molecule has 0 bridgehead atoms. The summed E-state index contributed by atoms with van der Waals surface area (Å²) in [4.78, 5) is 36.1. The van der Waals surface area contributed by atoms with Gasteiger partial charge in [0, 0.05) is 69.0 Å². The van der Waals surface area contributed by atoms with E-state index in [1.54, 1.807) is 47.1 Å². The van der Waals surface area contributed by atoms with Crippen LogP contribution in [0, 0.1) is 0 Å². The van der Waals surface area contributed by atoms with Crippen LogP contribution < -0.4 is 15.5 Å². The predicted octanol–water partition coefficient (Wildman–Crippen LogP) is 2.59. The second-order valence-corrected chi connectivity index (χ2v) is 8.95. The summed E-state index contributed by atoms with van der Waals surface area (Å²) in [6.45, 7) is 9.70. The first-order chi connectivity index (χ1) is 15.6. The Labute approximate surface area is 193 Å². The van der Waals surface area contributed by atoms with Gasteiger partial charge in [-0.15, -0.1) is 11.8 Å². The monoisotopic (exact) mass is 454 g/mol. The first-order valence-electron chi connectivity index (χ1n) is 11.1. The molecule has 1 saturated heterocycles. The number of nitrogens with one attached hydrogen (secondary N) is 2. The van der Waals surface area contributed by atoms with Crippen molar-refractivity contribution in [2.45, 2.75) is 11.9 Å². The summed E-state index contributed by atoms with van der Waals surface area (Å²) in [5.41, 5.74) is 2.07. The molecular formula is C23H30N6O2S. The van der Waals surface area contributed by atoms with E-state index < -0.39 is 0 Å². The Morgan fingerprint density at radius 2 is 1.78 bits per heavy atom. The van der Waals surface area contributed by atoms with Crippen LogP contribution in [0.5, 0.6) is 0 Å². The molecule has 0 atom stereocenters. The third-order valence-corrected chi connectivity index (χ3v) is 6.84. The number of carbonyl (C=O) groups excluding carboxylic acids is 2. The summed E-state index contributed by atoms with van der Waals surface area (Å²) >= 11 is 1.66. The average molecular weight is 455 g/mol. The lowest BCUT2D eigenvalue weighted by molar-refractivity contribution is 0.0938. The van der Waals surface area contributed by atoms with Crippen molar-refractivity contribution in [1.82, 2.24) is 20.1 Å². The number of aromatic nitrogens is 1. The van der Waals surface area contributed by atoms with Gasteiger partial charge in [0.2, 0.25) is 0 Å². The number of urea groups is 1. The number of fused-ring (bicyclic) bond motifs is 1. The molecule has 2 aliphatic heterocycles. The van der Waals surface area contributed by atoms with Gasteiger partial charge in [0.15, 0.2) is 0 Å². The van der Waals surface area contributed by atoms with Crippen LogP contribution in [-0.4, -0.2) is 84.8 Å². The van der Waals surface area contributed by atoms with Crippen molar-refractivity contribution in [3.8, 4) is 0 Å². The van der Waals surface area contributed by atoms with E-state index >= 15 is 0 Å². The van der Waals surface area contributed by atoms with Crippen molar-refractivity contribution in [3.05, 3.63) is 48.2 Å². The standard InChI is InChI=1S/C23H30N6O2S/c1-2-27-12-14-28(15-13-27)11-10-24-21(30)18-5-7-19(8-6-18)26-23(31)29-16-17-32-22-20(29)4-3-9-25-22/h3-9H,2,10-17H2,1H3,(H,24,30)(H,26,31). The molecule has 0 spiro atoms. The Bertz CT molecular complexity index is 930. The molecule has 4 rings (SSSR count). The van der Waals surface area contributed by atoms with Gasteiger partial charge in [-0.05, 0) is 42.9 Å². The van der Waals surface area contributed by atoms with Crippen molar-refractivity contribution in [3.63, 3.8) is 0 Å². The number of likely N-dealkylation sites (N-methyl/N-ethyl adjacent to an activating group) is 1. The highest BCUT2D eigenvalue weighted by molar-refractivity contribution is 7.99. The minimum absolute atomic E-state index is 0.0943. The van der Waals surface area contributed by atoms with Crippen molar-refractivity contribution in [1.29, 1.82) is 0 Å². The minimum atomic E-state index is -0.195. The number of piperazine rings is 1. The molecule has 1 aromatic carbocycles. The first kappa shape index (κ1) is 22.6. The maximum atomic E-state index is 12.8. The summed E-state index contributed by atoms with van der Waals surface area (Å²) in [6.07, 6.45) is 1.74. The number of carbonyl (C=O) groups is 2. The van der Waals surface area contributed by atoms with E-state index in [1.165, 1.54) is 0 Å². The van der Waals surface area contributed by atoms with Crippen molar-refractivity contribution in [2.24, 2.45) is 0 Å². The lowest BCUT2D eigenvalue weighted by Crippen LogP contribution is -2.48. The second-order valence-electron chi connectivity index (χ2n) is 7.87. The van der Waals surface area contributed by atoms with Crippen LogP contribution in [0.3, 0.4) is 0 Å². The summed E-state index contributed by atoms with van der Waals surface area (Å²) in [5.74, 6) is 0.716. The van der Waals surface area contributed by atoms with Crippen LogP contribution in [0.15, 0.2) is 47.6 Å². The third-order valence-electron chi connectivity index (χ3n) is 5.86. The number of amides is 3. The summed E-state index contributed by atoms with van der Waals surface area (Å²) < 4.78 is 0. The zero-order valence-electron chi connectivity index (χ0n) is 18.4. The van der Waals surface area contributed by atoms with Crippen molar-refractivity contribution >= 4 is 35.1 Å². The molecule has 1 fully saturated rings. The molecule has 0 radical (unpaired) electrons. The zero-order chi connectivity index (χ0) is 22.3. The van der Waals surface area contributed by atoms with E-state index in [4.69, 9.17) is 0 Å². The molecular weight excluding hydrogens is 424 g/mol. The molecule has 0 saturated carbocycles. The molecule has 3 heterocycles. The fraction of sp³-hybridized carbons (Fsp3) is 0.435. The maximum Gasteiger partial charge on any atom is 0.326 e. The fourth-order valence-electron chi connectivity index (χ4n) is 3.92. The molecule has 3 amide bonds. The molecule has 170 valence electrons. The van der Waals surface area contributed by atoms with Gasteiger partial charge in [-0.1, -0.05) is 6.92 Å². The molecule has 0 unspecified atom stereocenters. The Hall–Kier alpha value is -2.62. The molecule has 9 heteroatoms. The van der Waals surface area contributed by atoms with Gasteiger partial charge in [-0.2, -0.15) is 0 Å². The van der Waals surface area contributed by atoms with E-state index in [2.05, 4.69) is 32.3 Å². The van der Waals surface area contributed by atoms with E-state index in [1.807, 2.05) is 12.1 Å². The van der Waals surface area contributed by atoms with Gasteiger partial charge in [0.05, 0.1) is 5.69 Å². The Morgan fingerprint density at radius 3 is 2.53 bits per heavy atom. The Kier molecular flexibility index (Phi) is 7.62. The molecule has 1 aromatic heterocycles. The van der Waals surface area contributed by atoms with Crippen LogP contribution >= 0.6 is 11.8 Å². The van der Waals surface area contributed by atoms with E-state index in [0.29, 0.717) is 24.3 Å². The number of hydrogen-bond acceptors (Lipinski definition) is 6. The van der Waals surface area contributed by atoms with E-state index in [-0.39, 0.29) is 11.9 Å². The minimum Gasteiger partial charge on any atom is -0.351 e. The lowest BCUT2D eigenvalue weighted by Gasteiger charge is -2.33. The predicted molar refractivity (Wildman–Crippen MR) is 129 cm³/mol. The highest BCUT2D eigenvalue weighted by atomic mass is 32.2. The van der Waals surface area contributed by atoms with Crippen LogP contribution in [0.2, 0.25) is 0 Å². The maximum absolute atomic E-state index is 12.8. The van der Waals surface area contributed by atoms with Gasteiger partial charge in [0.25, 0.3) is 5.91 Å². The number of pyridine rings is 1. The molecule has 8 nitrogen and oxygen atoms in total. The fourth-order valence-corrected chi connectivity index (χ4v) is 4.85. The van der Waals surface area contributed by atoms with Gasteiger partial charge in [-0.3, -0.25) is 14.6 Å². The number of rotatable bonds is 6. The second kappa shape index (κ2) is 10.8. The number of thioether (sulfide) groups is 1. The van der Waals surface area contributed by atoms with Gasteiger partial charge in [0.1, 0.15) is 5.03 Å². The van der Waals surface area contributed by atoms with Gasteiger partial charge in [-0.25, -0.2) is 9.78 Å². The van der Waals surface area contributed by atoms with Crippen LogP contribution in [0.25, 0.3) is 0 Å². The summed E-state index contributed by atoms with van der Waals surface area (Å²) in [5, 5.41) is 6.78. The van der Waals surface area contributed by atoms with E-state index in [0.717, 1.165) is 55.7 Å². The largest absolute Gasteiger partial charge is 0.351 e. The average Bonchev–Trinajstić information content (AvgIpc) is 2.84. The summed E-state index contributed by atoms with van der Waals surface area (Å²) in [6, 6.07) is 10.6. The number of benzene rings is 1. The lowest BCUT2D eigenvalue weighted by atomic mass is 10.2. The molecule has 0 aliphatic carbocycles. The van der Waals surface area contributed by atoms with Gasteiger partial charge < -0.3 is 15.5 Å². The number of hydrogen-bond donors (Lipinski definition) is 2. The van der Waals surface area contributed by atoms with Crippen LogP contribution in [0.4, 0.5) is 16.2 Å². The topological polar surface area (TPSA) is 80.8 Å². The quantitative estimate of drug-likeness (QED) is 0.698. The smallest absolute Gasteiger partial charge is 0.326 e. The number of nitrogens with zero attached hydrogens (tertiary/aromatic N) is 4. The SMILES string of the molecule is CCN1CCN(CCNC(=O)c2ccc(NC(=O)N3CCSc4ncccc43)cc2)CC1. The van der Waals surface area contributed by atoms with E-state index in [9.17, 15) is 9.59 Å². The highest BCUT2D eigenvalue weighted by Crippen LogP contribution is 2.32. The first-order valence-corrected chi connectivity index (χ1v) is 12.1. The van der Waals surface area contributed by atoms with Crippen LogP contribution in [-0.2, 0) is 0 Å². The third kappa shape index (κ3) is 5.59. The number of anilines is 2. The molecule has 2 aliphatic rings. The zero-order valence-corrected chi connectivity index (χ0v) is 19.2. The van der Waals surface area contributed by atoms with Crippen LogP contribution in [0.1, 0.15) is 17.3 Å². The Morgan fingerprint density at radius 1 is 1.03 bits per heavy atom.